The van der Waals surface area contributed by atoms with Crippen molar-refractivity contribution in [2.75, 3.05) is 32.7 Å². The molecule has 1 rings (SSSR count). The van der Waals surface area contributed by atoms with Crippen molar-refractivity contribution in [1.29, 1.82) is 0 Å². The van der Waals surface area contributed by atoms with E-state index in [0.717, 1.165) is 11.4 Å². The lowest BCUT2D eigenvalue weighted by Gasteiger charge is -2.15. The van der Waals surface area contributed by atoms with Crippen molar-refractivity contribution >= 4 is 5.69 Å². The average molecular weight is 225 g/mol. The van der Waals surface area contributed by atoms with Crippen molar-refractivity contribution in [3.8, 4) is 0 Å². The summed E-state index contributed by atoms with van der Waals surface area (Å²) in [7, 11) is 3.32. The molecule has 0 aliphatic heterocycles. The molecular weight excluding hydrogens is 206 g/mol. The normalized spacial score (nSPS) is 12.4. The summed E-state index contributed by atoms with van der Waals surface area (Å²) in [4.78, 5) is 4.19. The second-order valence-electron chi connectivity index (χ2n) is 3.44. The Kier molecular flexibility index (Phi) is 5.77. The summed E-state index contributed by atoms with van der Waals surface area (Å²) in [5, 5.41) is 3.22. The number of nitrogens with two attached hydrogens (primary N) is 1. The molecule has 0 spiro atoms. The van der Waals surface area contributed by atoms with Gasteiger partial charge in [-0.25, -0.2) is 0 Å². The minimum atomic E-state index is 0.0409. The number of methoxy groups -OCH3 is 2. The number of rotatable bonds is 7. The second kappa shape index (κ2) is 7.16. The molecule has 0 saturated heterocycles. The van der Waals surface area contributed by atoms with Gasteiger partial charge >= 0.3 is 0 Å². The fourth-order valence-corrected chi connectivity index (χ4v) is 1.28. The molecule has 90 valence electrons. The zero-order valence-electron chi connectivity index (χ0n) is 9.77. The van der Waals surface area contributed by atoms with Crippen LogP contribution in [0.1, 0.15) is 5.69 Å². The van der Waals surface area contributed by atoms with Crippen molar-refractivity contribution in [2.45, 2.75) is 12.6 Å². The maximum atomic E-state index is 5.46. The SMILES string of the molecule is COCC(CNc1ccc(CN)nc1)OC. The number of nitrogens with one attached hydrogen (secondary N) is 1. The summed E-state index contributed by atoms with van der Waals surface area (Å²) in [5.41, 5.74) is 7.30. The first-order valence-electron chi connectivity index (χ1n) is 5.20. The van der Waals surface area contributed by atoms with Gasteiger partial charge in [-0.3, -0.25) is 4.98 Å². The molecule has 0 aliphatic carbocycles. The quantitative estimate of drug-likeness (QED) is 0.711. The molecule has 5 heteroatoms. The number of hydrogen-bond acceptors (Lipinski definition) is 5. The highest BCUT2D eigenvalue weighted by Crippen LogP contribution is 2.06. The Morgan fingerprint density at radius 3 is 2.75 bits per heavy atom. The lowest BCUT2D eigenvalue weighted by Crippen LogP contribution is -2.26. The molecule has 0 saturated carbocycles. The zero-order valence-corrected chi connectivity index (χ0v) is 9.77. The number of anilines is 1. The van der Waals surface area contributed by atoms with Gasteiger partial charge in [-0.15, -0.1) is 0 Å². The van der Waals surface area contributed by atoms with E-state index in [9.17, 15) is 0 Å². The van der Waals surface area contributed by atoms with Gasteiger partial charge in [0.2, 0.25) is 0 Å². The van der Waals surface area contributed by atoms with E-state index < -0.39 is 0 Å². The van der Waals surface area contributed by atoms with E-state index in [1.165, 1.54) is 0 Å². The molecule has 5 nitrogen and oxygen atoms in total. The van der Waals surface area contributed by atoms with Gasteiger partial charge in [-0.2, -0.15) is 0 Å². The molecule has 0 radical (unpaired) electrons. The van der Waals surface area contributed by atoms with Gasteiger partial charge in [0.05, 0.1) is 30.3 Å². The first kappa shape index (κ1) is 12.9. The van der Waals surface area contributed by atoms with Crippen LogP contribution < -0.4 is 11.1 Å². The first-order valence-corrected chi connectivity index (χ1v) is 5.20. The Bertz CT molecular complexity index is 290. The van der Waals surface area contributed by atoms with Gasteiger partial charge in [0.25, 0.3) is 0 Å². The molecule has 0 aromatic carbocycles. The van der Waals surface area contributed by atoms with Crippen molar-refractivity contribution in [3.05, 3.63) is 24.0 Å². The van der Waals surface area contributed by atoms with Gasteiger partial charge in [0.15, 0.2) is 0 Å². The summed E-state index contributed by atoms with van der Waals surface area (Å²) >= 11 is 0. The van der Waals surface area contributed by atoms with E-state index in [0.29, 0.717) is 19.7 Å². The summed E-state index contributed by atoms with van der Waals surface area (Å²) in [6, 6.07) is 3.86. The minimum absolute atomic E-state index is 0.0409. The van der Waals surface area contributed by atoms with E-state index in [4.69, 9.17) is 15.2 Å². The largest absolute Gasteiger partial charge is 0.382 e. The fraction of sp³-hybridized carbons (Fsp3) is 0.545. The van der Waals surface area contributed by atoms with Crippen molar-refractivity contribution in [1.82, 2.24) is 4.98 Å². The molecule has 1 aromatic heterocycles. The van der Waals surface area contributed by atoms with Crippen LogP contribution in [0.25, 0.3) is 0 Å². The summed E-state index contributed by atoms with van der Waals surface area (Å²) in [6.07, 6.45) is 1.81. The van der Waals surface area contributed by atoms with Gasteiger partial charge in [0, 0.05) is 27.3 Å². The lowest BCUT2D eigenvalue weighted by atomic mass is 10.3. The van der Waals surface area contributed by atoms with Gasteiger partial charge in [0.1, 0.15) is 0 Å². The molecular formula is C11H19N3O2. The van der Waals surface area contributed by atoms with Crippen LogP contribution in [0.15, 0.2) is 18.3 Å². The highest BCUT2D eigenvalue weighted by Gasteiger charge is 2.05. The standard InChI is InChI=1S/C11H19N3O2/c1-15-8-11(16-2)7-14-10-4-3-9(5-12)13-6-10/h3-4,6,11,14H,5,7-8,12H2,1-2H3. The highest BCUT2D eigenvalue weighted by atomic mass is 16.5. The Morgan fingerprint density at radius 2 is 2.25 bits per heavy atom. The van der Waals surface area contributed by atoms with Crippen molar-refractivity contribution < 1.29 is 9.47 Å². The van der Waals surface area contributed by atoms with Crippen LogP contribution in [0.5, 0.6) is 0 Å². The second-order valence-corrected chi connectivity index (χ2v) is 3.44. The topological polar surface area (TPSA) is 69.4 Å². The molecule has 1 atom stereocenters. The molecule has 0 fully saturated rings. The molecule has 1 aromatic rings. The van der Waals surface area contributed by atoms with Crippen LogP contribution in [-0.2, 0) is 16.0 Å². The smallest absolute Gasteiger partial charge is 0.0976 e. The maximum absolute atomic E-state index is 5.46. The molecule has 0 aliphatic rings. The van der Waals surface area contributed by atoms with Crippen LogP contribution in [0, 0.1) is 0 Å². The van der Waals surface area contributed by atoms with Crippen LogP contribution >= 0.6 is 0 Å². The third kappa shape index (κ3) is 4.14. The molecule has 16 heavy (non-hydrogen) atoms. The Hall–Kier alpha value is -1.17. The Balaban J connectivity index is 2.40. The fourth-order valence-electron chi connectivity index (χ4n) is 1.28. The number of nitrogens with zero attached hydrogens (tertiary/aromatic N) is 1. The Morgan fingerprint density at radius 1 is 1.44 bits per heavy atom. The van der Waals surface area contributed by atoms with E-state index >= 15 is 0 Å². The third-order valence-electron chi connectivity index (χ3n) is 2.25. The molecule has 1 unspecified atom stereocenters. The van der Waals surface area contributed by atoms with Crippen LogP contribution in [-0.4, -0.2) is 38.5 Å². The van der Waals surface area contributed by atoms with Gasteiger partial charge < -0.3 is 20.5 Å². The van der Waals surface area contributed by atoms with E-state index in [1.807, 2.05) is 12.1 Å². The van der Waals surface area contributed by atoms with Crippen molar-refractivity contribution in [3.63, 3.8) is 0 Å². The monoisotopic (exact) mass is 225 g/mol. The van der Waals surface area contributed by atoms with Gasteiger partial charge in [-0.1, -0.05) is 0 Å². The maximum Gasteiger partial charge on any atom is 0.0976 e. The number of aromatic nitrogens is 1. The molecule has 1 heterocycles. The van der Waals surface area contributed by atoms with Crippen LogP contribution in [0.4, 0.5) is 5.69 Å². The highest BCUT2D eigenvalue weighted by molar-refractivity contribution is 5.40. The lowest BCUT2D eigenvalue weighted by molar-refractivity contribution is 0.0365. The third-order valence-corrected chi connectivity index (χ3v) is 2.25. The predicted octanol–water partition coefficient (Wildman–Crippen LogP) is 0.614. The summed E-state index contributed by atoms with van der Waals surface area (Å²) < 4.78 is 10.3. The van der Waals surface area contributed by atoms with Crippen molar-refractivity contribution in [2.24, 2.45) is 5.73 Å². The molecule has 0 bridgehead atoms. The predicted molar refractivity (Wildman–Crippen MR) is 63.3 cm³/mol. The zero-order chi connectivity index (χ0) is 11.8. The van der Waals surface area contributed by atoms with Gasteiger partial charge in [-0.05, 0) is 12.1 Å². The van der Waals surface area contributed by atoms with Crippen LogP contribution in [0.3, 0.4) is 0 Å². The number of hydrogen-bond donors (Lipinski definition) is 2. The minimum Gasteiger partial charge on any atom is -0.382 e. The van der Waals surface area contributed by atoms with E-state index in [2.05, 4.69) is 10.3 Å². The summed E-state index contributed by atoms with van der Waals surface area (Å²) in [5.74, 6) is 0. The van der Waals surface area contributed by atoms with E-state index in [-0.39, 0.29) is 6.10 Å². The van der Waals surface area contributed by atoms with E-state index in [1.54, 1.807) is 20.4 Å². The molecule has 3 N–H and O–H groups in total. The average Bonchev–Trinajstić information content (AvgIpc) is 2.35. The number of ether oxygens (including phenoxy) is 2. The van der Waals surface area contributed by atoms with Crippen LogP contribution in [0.2, 0.25) is 0 Å². The first-order chi connectivity index (χ1) is 7.80. The summed E-state index contributed by atoms with van der Waals surface area (Å²) in [6.45, 7) is 1.72. The number of pyridine rings is 1. The Labute approximate surface area is 96.0 Å². The molecule has 0 amide bonds.